The van der Waals surface area contributed by atoms with E-state index in [-0.39, 0.29) is 0 Å². The predicted molar refractivity (Wildman–Crippen MR) is 67.7 cm³/mol. The number of nitrogens with zero attached hydrogens (tertiary/aromatic N) is 2. The molecule has 0 aliphatic carbocycles. The molecule has 1 N–H and O–H groups in total. The standard InChI is InChI=1S/C13H17N3O/c1-9(2)10(3)15-12-6-4-11(5-7-12)13-16-14-8-17-13/h4-10,15H,1-3H3. The van der Waals surface area contributed by atoms with Crippen LogP contribution in [0.5, 0.6) is 0 Å². The smallest absolute Gasteiger partial charge is 0.247 e. The first kappa shape index (κ1) is 11.6. The Balaban J connectivity index is 2.08. The van der Waals surface area contributed by atoms with Crippen molar-refractivity contribution in [2.24, 2.45) is 5.92 Å². The summed E-state index contributed by atoms with van der Waals surface area (Å²) in [6.45, 7) is 6.57. The van der Waals surface area contributed by atoms with Crippen LogP contribution in [0.2, 0.25) is 0 Å². The van der Waals surface area contributed by atoms with Gasteiger partial charge in [0.05, 0.1) is 0 Å². The fourth-order valence-electron chi connectivity index (χ4n) is 1.44. The minimum absolute atomic E-state index is 0.448. The first-order valence-electron chi connectivity index (χ1n) is 5.80. The van der Waals surface area contributed by atoms with E-state index in [4.69, 9.17) is 4.42 Å². The van der Waals surface area contributed by atoms with Gasteiger partial charge in [0.25, 0.3) is 0 Å². The molecule has 17 heavy (non-hydrogen) atoms. The number of nitrogens with one attached hydrogen (secondary N) is 1. The molecule has 0 aliphatic heterocycles. The molecule has 0 saturated heterocycles. The number of anilines is 1. The van der Waals surface area contributed by atoms with Crippen LogP contribution in [0.15, 0.2) is 35.1 Å². The molecule has 1 aromatic heterocycles. The van der Waals surface area contributed by atoms with Crippen molar-refractivity contribution in [1.82, 2.24) is 10.2 Å². The summed E-state index contributed by atoms with van der Waals surface area (Å²) < 4.78 is 5.14. The van der Waals surface area contributed by atoms with Crippen LogP contribution in [-0.2, 0) is 0 Å². The van der Waals surface area contributed by atoms with E-state index in [1.807, 2.05) is 24.3 Å². The van der Waals surface area contributed by atoms with Crippen molar-refractivity contribution in [2.45, 2.75) is 26.8 Å². The molecule has 1 aromatic carbocycles. The van der Waals surface area contributed by atoms with Crippen LogP contribution in [0, 0.1) is 5.92 Å². The number of hydrogen-bond acceptors (Lipinski definition) is 4. The number of benzene rings is 1. The number of rotatable bonds is 4. The highest BCUT2D eigenvalue weighted by Crippen LogP contribution is 2.20. The lowest BCUT2D eigenvalue weighted by Gasteiger charge is -2.18. The number of aromatic nitrogens is 2. The minimum Gasteiger partial charge on any atom is -0.423 e. The van der Waals surface area contributed by atoms with Crippen molar-refractivity contribution in [3.8, 4) is 11.5 Å². The van der Waals surface area contributed by atoms with Crippen LogP contribution >= 0.6 is 0 Å². The molecule has 4 nitrogen and oxygen atoms in total. The van der Waals surface area contributed by atoms with Crippen molar-refractivity contribution in [2.75, 3.05) is 5.32 Å². The molecule has 90 valence electrons. The van der Waals surface area contributed by atoms with Crippen LogP contribution in [-0.4, -0.2) is 16.2 Å². The van der Waals surface area contributed by atoms with Crippen LogP contribution in [0.4, 0.5) is 5.69 Å². The summed E-state index contributed by atoms with van der Waals surface area (Å²) in [7, 11) is 0. The molecule has 0 amide bonds. The maximum atomic E-state index is 5.14. The summed E-state index contributed by atoms with van der Waals surface area (Å²) >= 11 is 0. The first-order valence-corrected chi connectivity index (χ1v) is 5.80. The third kappa shape index (κ3) is 2.84. The Morgan fingerprint density at radius 1 is 1.12 bits per heavy atom. The highest BCUT2D eigenvalue weighted by atomic mass is 16.4. The first-order chi connectivity index (χ1) is 8.16. The Morgan fingerprint density at radius 3 is 2.35 bits per heavy atom. The maximum Gasteiger partial charge on any atom is 0.247 e. The molecule has 0 fully saturated rings. The highest BCUT2D eigenvalue weighted by molar-refractivity contribution is 5.58. The van der Waals surface area contributed by atoms with E-state index >= 15 is 0 Å². The van der Waals surface area contributed by atoms with Gasteiger partial charge in [0.15, 0.2) is 0 Å². The molecule has 0 saturated carbocycles. The molecular formula is C13H17N3O. The Kier molecular flexibility index (Phi) is 3.42. The molecule has 1 atom stereocenters. The van der Waals surface area contributed by atoms with E-state index in [9.17, 15) is 0 Å². The van der Waals surface area contributed by atoms with Gasteiger partial charge in [-0.2, -0.15) is 0 Å². The van der Waals surface area contributed by atoms with Crippen LogP contribution in [0.3, 0.4) is 0 Å². The second-order valence-electron chi connectivity index (χ2n) is 4.50. The van der Waals surface area contributed by atoms with E-state index < -0.39 is 0 Å². The molecule has 1 unspecified atom stereocenters. The van der Waals surface area contributed by atoms with Gasteiger partial charge in [0.1, 0.15) is 0 Å². The normalized spacial score (nSPS) is 12.7. The Hall–Kier alpha value is -1.84. The van der Waals surface area contributed by atoms with Crippen molar-refractivity contribution in [1.29, 1.82) is 0 Å². The van der Waals surface area contributed by atoms with Gasteiger partial charge in [-0.25, -0.2) is 0 Å². The fourth-order valence-corrected chi connectivity index (χ4v) is 1.44. The number of hydrogen-bond donors (Lipinski definition) is 1. The summed E-state index contributed by atoms with van der Waals surface area (Å²) in [5.41, 5.74) is 2.04. The Bertz CT molecular complexity index is 448. The summed E-state index contributed by atoms with van der Waals surface area (Å²) in [6, 6.07) is 8.45. The van der Waals surface area contributed by atoms with Crippen LogP contribution < -0.4 is 5.32 Å². The molecular weight excluding hydrogens is 214 g/mol. The van der Waals surface area contributed by atoms with Crippen molar-refractivity contribution >= 4 is 5.69 Å². The summed E-state index contributed by atoms with van der Waals surface area (Å²) in [4.78, 5) is 0. The van der Waals surface area contributed by atoms with Crippen LogP contribution in [0.1, 0.15) is 20.8 Å². The van der Waals surface area contributed by atoms with Gasteiger partial charge in [-0.1, -0.05) is 13.8 Å². The third-order valence-electron chi connectivity index (χ3n) is 2.89. The van der Waals surface area contributed by atoms with Crippen LogP contribution in [0.25, 0.3) is 11.5 Å². The van der Waals surface area contributed by atoms with Gasteiger partial charge in [0, 0.05) is 17.3 Å². The molecule has 0 bridgehead atoms. The summed E-state index contributed by atoms with van der Waals surface area (Å²) in [5.74, 6) is 1.15. The lowest BCUT2D eigenvalue weighted by Crippen LogP contribution is -2.21. The quantitative estimate of drug-likeness (QED) is 0.878. The monoisotopic (exact) mass is 231 g/mol. The second-order valence-corrected chi connectivity index (χ2v) is 4.50. The van der Waals surface area contributed by atoms with Crippen molar-refractivity contribution in [3.63, 3.8) is 0 Å². The largest absolute Gasteiger partial charge is 0.423 e. The molecule has 0 aliphatic rings. The SMILES string of the molecule is CC(C)C(C)Nc1ccc(-c2nnco2)cc1. The van der Waals surface area contributed by atoms with Gasteiger partial charge in [0.2, 0.25) is 12.3 Å². The topological polar surface area (TPSA) is 51.0 Å². The zero-order chi connectivity index (χ0) is 12.3. The minimum atomic E-state index is 0.448. The summed E-state index contributed by atoms with van der Waals surface area (Å²) in [6.07, 6.45) is 1.34. The van der Waals surface area contributed by atoms with E-state index in [0.29, 0.717) is 17.9 Å². The van der Waals surface area contributed by atoms with E-state index in [1.54, 1.807) is 0 Å². The van der Waals surface area contributed by atoms with E-state index in [0.717, 1.165) is 11.3 Å². The van der Waals surface area contributed by atoms with Gasteiger partial charge in [-0.3, -0.25) is 0 Å². The Morgan fingerprint density at radius 2 is 1.82 bits per heavy atom. The fraction of sp³-hybridized carbons (Fsp3) is 0.385. The molecule has 0 radical (unpaired) electrons. The second kappa shape index (κ2) is 4.99. The summed E-state index contributed by atoms with van der Waals surface area (Å²) in [5, 5.41) is 11.0. The zero-order valence-corrected chi connectivity index (χ0v) is 10.3. The van der Waals surface area contributed by atoms with Gasteiger partial charge >= 0.3 is 0 Å². The average Bonchev–Trinajstić information content (AvgIpc) is 2.83. The highest BCUT2D eigenvalue weighted by Gasteiger charge is 2.07. The van der Waals surface area contributed by atoms with E-state index in [1.165, 1.54) is 6.39 Å². The van der Waals surface area contributed by atoms with E-state index in [2.05, 4.69) is 36.3 Å². The van der Waals surface area contributed by atoms with Gasteiger partial charge in [-0.15, -0.1) is 10.2 Å². The maximum absolute atomic E-state index is 5.14. The third-order valence-corrected chi connectivity index (χ3v) is 2.89. The van der Waals surface area contributed by atoms with Crippen molar-refractivity contribution < 1.29 is 4.42 Å². The van der Waals surface area contributed by atoms with Crippen molar-refractivity contribution in [3.05, 3.63) is 30.7 Å². The lowest BCUT2D eigenvalue weighted by atomic mass is 10.1. The molecule has 1 heterocycles. The Labute approximate surface area is 101 Å². The van der Waals surface area contributed by atoms with Gasteiger partial charge in [-0.05, 0) is 37.1 Å². The predicted octanol–water partition coefficient (Wildman–Crippen LogP) is 3.19. The molecule has 2 rings (SSSR count). The molecule has 2 aromatic rings. The molecule has 4 heteroatoms. The molecule has 0 spiro atoms. The average molecular weight is 231 g/mol. The zero-order valence-electron chi connectivity index (χ0n) is 10.3. The van der Waals surface area contributed by atoms with Gasteiger partial charge < -0.3 is 9.73 Å². The lowest BCUT2D eigenvalue weighted by molar-refractivity contribution is 0.560.